The summed E-state index contributed by atoms with van der Waals surface area (Å²) < 4.78 is 0. The van der Waals surface area contributed by atoms with E-state index in [9.17, 15) is 0 Å². The normalized spacial score (nSPS) is 13.1. The van der Waals surface area contributed by atoms with Crippen LogP contribution in [0.3, 0.4) is 0 Å². The topological polar surface area (TPSA) is 12.0 Å². The second-order valence-electron chi connectivity index (χ2n) is 4.36. The third-order valence-electron chi connectivity index (χ3n) is 2.30. The van der Waals surface area contributed by atoms with Crippen LogP contribution < -0.4 is 5.32 Å². The van der Waals surface area contributed by atoms with Crippen LogP contribution in [0.25, 0.3) is 0 Å². The minimum atomic E-state index is 0.591. The molecule has 0 saturated carbocycles. The van der Waals surface area contributed by atoms with Gasteiger partial charge in [0.15, 0.2) is 0 Å². The average molecular weight is 191 g/mol. The Morgan fingerprint density at radius 2 is 1.71 bits per heavy atom. The first-order chi connectivity index (χ1) is 6.68. The third-order valence-corrected chi connectivity index (χ3v) is 2.30. The highest BCUT2D eigenvalue weighted by atomic mass is 14.9. The quantitative estimate of drug-likeness (QED) is 0.754. The maximum Gasteiger partial charge on any atom is 0.00104 e. The molecule has 0 amide bonds. The first kappa shape index (κ1) is 11.3. The highest BCUT2D eigenvalue weighted by Gasteiger charge is 2.03. The van der Waals surface area contributed by atoms with Crippen molar-refractivity contribution in [3.05, 3.63) is 35.9 Å². The van der Waals surface area contributed by atoms with Crippen molar-refractivity contribution in [2.75, 3.05) is 6.54 Å². The Balaban J connectivity index is 2.30. The second kappa shape index (κ2) is 5.82. The van der Waals surface area contributed by atoms with Gasteiger partial charge in [-0.1, -0.05) is 51.1 Å². The van der Waals surface area contributed by atoms with E-state index in [4.69, 9.17) is 0 Å². The van der Waals surface area contributed by atoms with Crippen LogP contribution in [0.2, 0.25) is 0 Å². The van der Waals surface area contributed by atoms with Crippen LogP contribution in [-0.4, -0.2) is 12.6 Å². The van der Waals surface area contributed by atoms with Gasteiger partial charge in [-0.15, -0.1) is 0 Å². The van der Waals surface area contributed by atoms with Gasteiger partial charge in [-0.3, -0.25) is 0 Å². The van der Waals surface area contributed by atoms with Gasteiger partial charge in [0, 0.05) is 6.04 Å². The monoisotopic (exact) mass is 191 g/mol. The summed E-state index contributed by atoms with van der Waals surface area (Å²) in [6.07, 6.45) is 1.17. The largest absolute Gasteiger partial charge is 0.314 e. The fourth-order valence-electron chi connectivity index (χ4n) is 1.53. The molecule has 1 N–H and O–H groups in total. The van der Waals surface area contributed by atoms with Crippen molar-refractivity contribution in [2.45, 2.75) is 33.2 Å². The molecule has 1 heteroatoms. The minimum absolute atomic E-state index is 0.591. The molecule has 1 aromatic rings. The molecule has 1 unspecified atom stereocenters. The SMILES string of the molecule is CC(CNC(C)C)Cc1ccccc1. The number of rotatable bonds is 5. The fourth-order valence-corrected chi connectivity index (χ4v) is 1.53. The summed E-state index contributed by atoms with van der Waals surface area (Å²) in [6, 6.07) is 11.3. The van der Waals surface area contributed by atoms with Crippen molar-refractivity contribution in [3.63, 3.8) is 0 Å². The Hall–Kier alpha value is -0.820. The molecule has 0 aliphatic rings. The Bertz CT molecular complexity index is 241. The Morgan fingerprint density at radius 1 is 1.07 bits per heavy atom. The third kappa shape index (κ3) is 4.43. The predicted octanol–water partition coefficient (Wildman–Crippen LogP) is 2.86. The van der Waals surface area contributed by atoms with Crippen LogP contribution in [0, 0.1) is 5.92 Å². The Morgan fingerprint density at radius 3 is 2.29 bits per heavy atom. The van der Waals surface area contributed by atoms with Gasteiger partial charge in [0.1, 0.15) is 0 Å². The maximum atomic E-state index is 3.47. The molecule has 1 rings (SSSR count). The van der Waals surface area contributed by atoms with E-state index >= 15 is 0 Å². The van der Waals surface area contributed by atoms with E-state index in [0.29, 0.717) is 12.0 Å². The smallest absolute Gasteiger partial charge is 0.00104 e. The molecule has 0 fully saturated rings. The minimum Gasteiger partial charge on any atom is -0.314 e. The van der Waals surface area contributed by atoms with E-state index in [1.807, 2.05) is 0 Å². The lowest BCUT2D eigenvalue weighted by atomic mass is 10.0. The van der Waals surface area contributed by atoms with Crippen LogP contribution in [0.15, 0.2) is 30.3 Å². The molecule has 0 aliphatic carbocycles. The first-order valence-electron chi connectivity index (χ1n) is 5.46. The zero-order chi connectivity index (χ0) is 10.4. The van der Waals surface area contributed by atoms with Crippen molar-refractivity contribution in [1.82, 2.24) is 5.32 Å². The molecule has 1 atom stereocenters. The summed E-state index contributed by atoms with van der Waals surface area (Å²) in [5.41, 5.74) is 1.44. The first-order valence-corrected chi connectivity index (χ1v) is 5.46. The summed E-state index contributed by atoms with van der Waals surface area (Å²) >= 11 is 0. The molecule has 0 spiro atoms. The number of hydrogen-bond acceptors (Lipinski definition) is 1. The molecule has 1 nitrogen and oxygen atoms in total. The lowest BCUT2D eigenvalue weighted by molar-refractivity contribution is 0.476. The van der Waals surface area contributed by atoms with E-state index in [1.54, 1.807) is 0 Å². The van der Waals surface area contributed by atoms with Crippen LogP contribution >= 0.6 is 0 Å². The van der Waals surface area contributed by atoms with Crippen LogP contribution in [0.4, 0.5) is 0 Å². The Labute approximate surface area is 87.5 Å². The Kier molecular flexibility index (Phi) is 4.68. The van der Waals surface area contributed by atoms with Crippen molar-refractivity contribution in [2.24, 2.45) is 5.92 Å². The zero-order valence-electron chi connectivity index (χ0n) is 9.46. The van der Waals surface area contributed by atoms with Crippen molar-refractivity contribution >= 4 is 0 Å². The van der Waals surface area contributed by atoms with Gasteiger partial charge in [-0.05, 0) is 24.4 Å². The van der Waals surface area contributed by atoms with E-state index in [0.717, 1.165) is 6.54 Å². The van der Waals surface area contributed by atoms with Crippen molar-refractivity contribution < 1.29 is 0 Å². The summed E-state index contributed by atoms with van der Waals surface area (Å²) in [5.74, 6) is 0.708. The molecule has 0 radical (unpaired) electrons. The van der Waals surface area contributed by atoms with Crippen LogP contribution in [0.5, 0.6) is 0 Å². The molecule has 0 aliphatic heterocycles. The van der Waals surface area contributed by atoms with Gasteiger partial charge in [0.2, 0.25) is 0 Å². The zero-order valence-corrected chi connectivity index (χ0v) is 9.46. The number of hydrogen-bond donors (Lipinski definition) is 1. The lowest BCUT2D eigenvalue weighted by Gasteiger charge is -2.14. The molecule has 14 heavy (non-hydrogen) atoms. The van der Waals surface area contributed by atoms with Gasteiger partial charge in [0.05, 0.1) is 0 Å². The predicted molar refractivity (Wildman–Crippen MR) is 62.4 cm³/mol. The lowest BCUT2D eigenvalue weighted by Crippen LogP contribution is -2.28. The molecule has 78 valence electrons. The van der Waals surface area contributed by atoms with Gasteiger partial charge in [-0.2, -0.15) is 0 Å². The molecular weight excluding hydrogens is 170 g/mol. The molecule has 1 aromatic carbocycles. The number of benzene rings is 1. The van der Waals surface area contributed by atoms with Crippen LogP contribution in [0.1, 0.15) is 26.3 Å². The van der Waals surface area contributed by atoms with Gasteiger partial charge < -0.3 is 5.32 Å². The molecule has 0 aromatic heterocycles. The highest BCUT2D eigenvalue weighted by molar-refractivity contribution is 5.15. The van der Waals surface area contributed by atoms with E-state index in [1.165, 1.54) is 12.0 Å². The van der Waals surface area contributed by atoms with Gasteiger partial charge in [-0.25, -0.2) is 0 Å². The summed E-state index contributed by atoms with van der Waals surface area (Å²) in [4.78, 5) is 0. The molecule has 0 saturated heterocycles. The van der Waals surface area contributed by atoms with E-state index < -0.39 is 0 Å². The average Bonchev–Trinajstić information content (AvgIpc) is 2.16. The van der Waals surface area contributed by atoms with Crippen molar-refractivity contribution in [3.8, 4) is 0 Å². The second-order valence-corrected chi connectivity index (χ2v) is 4.36. The molecular formula is C13H21N. The summed E-state index contributed by atoms with van der Waals surface area (Å²) in [7, 11) is 0. The van der Waals surface area contributed by atoms with Crippen molar-refractivity contribution in [1.29, 1.82) is 0 Å². The summed E-state index contributed by atoms with van der Waals surface area (Å²) in [5, 5.41) is 3.47. The van der Waals surface area contributed by atoms with Gasteiger partial charge >= 0.3 is 0 Å². The van der Waals surface area contributed by atoms with Crippen LogP contribution in [-0.2, 0) is 6.42 Å². The fraction of sp³-hybridized carbons (Fsp3) is 0.538. The highest BCUT2D eigenvalue weighted by Crippen LogP contribution is 2.07. The standard InChI is InChI=1S/C13H21N/c1-11(2)14-10-12(3)9-13-7-5-4-6-8-13/h4-8,11-12,14H,9-10H2,1-3H3. The molecule has 0 bridgehead atoms. The maximum absolute atomic E-state index is 3.47. The van der Waals surface area contributed by atoms with E-state index in [-0.39, 0.29) is 0 Å². The molecule has 0 heterocycles. The summed E-state index contributed by atoms with van der Waals surface area (Å²) in [6.45, 7) is 7.78. The number of nitrogens with one attached hydrogen (secondary N) is 1. The van der Waals surface area contributed by atoms with Gasteiger partial charge in [0.25, 0.3) is 0 Å². The van der Waals surface area contributed by atoms with E-state index in [2.05, 4.69) is 56.4 Å².